The lowest BCUT2D eigenvalue weighted by Gasteiger charge is -2.22. The Labute approximate surface area is 203 Å². The summed E-state index contributed by atoms with van der Waals surface area (Å²) >= 11 is 13.0. The van der Waals surface area contributed by atoms with E-state index in [-0.39, 0.29) is 10.9 Å². The van der Waals surface area contributed by atoms with Crippen molar-refractivity contribution >= 4 is 56.8 Å². The molecular weight excluding hydrogens is 477 g/mol. The highest BCUT2D eigenvalue weighted by Crippen LogP contribution is 2.41. The molecule has 9 heteroatoms. The van der Waals surface area contributed by atoms with E-state index in [1.165, 1.54) is 0 Å². The third-order valence-corrected chi connectivity index (χ3v) is 6.46. The van der Waals surface area contributed by atoms with Crippen LogP contribution < -0.4 is 9.88 Å². The van der Waals surface area contributed by atoms with Gasteiger partial charge in [0.25, 0.3) is 0 Å². The maximum absolute atomic E-state index is 12.3. The molecule has 6 nitrogen and oxygen atoms in total. The first kappa shape index (κ1) is 21.6. The van der Waals surface area contributed by atoms with E-state index in [4.69, 9.17) is 28.3 Å². The third-order valence-electron chi connectivity index (χ3n) is 5.20. The van der Waals surface area contributed by atoms with Crippen molar-refractivity contribution in [3.8, 4) is 0 Å². The number of H-pyrrole nitrogens is 1. The van der Waals surface area contributed by atoms with Gasteiger partial charge >= 0.3 is 4.87 Å². The van der Waals surface area contributed by atoms with Gasteiger partial charge in [0.1, 0.15) is 0 Å². The molecule has 0 saturated heterocycles. The van der Waals surface area contributed by atoms with Crippen molar-refractivity contribution in [2.24, 2.45) is 15.3 Å². The van der Waals surface area contributed by atoms with E-state index < -0.39 is 0 Å². The molecule has 164 valence electrons. The zero-order valence-corrected chi connectivity index (χ0v) is 19.5. The number of anilines is 1. The van der Waals surface area contributed by atoms with Gasteiger partial charge in [0.15, 0.2) is 10.8 Å². The van der Waals surface area contributed by atoms with Gasteiger partial charge in [-0.2, -0.15) is 5.10 Å². The number of hydrogen-bond donors (Lipinski definition) is 1. The van der Waals surface area contributed by atoms with Crippen LogP contribution in [0.3, 0.4) is 0 Å². The fraction of sp³-hybridized carbons (Fsp3) is 0.0833. The molecule has 1 aromatic heterocycles. The summed E-state index contributed by atoms with van der Waals surface area (Å²) in [4.78, 5) is 15.0. The van der Waals surface area contributed by atoms with Crippen LogP contribution in [0, 0.1) is 0 Å². The normalized spacial score (nSPS) is 15.9. The van der Waals surface area contributed by atoms with E-state index in [9.17, 15) is 4.79 Å². The predicted octanol–water partition coefficient (Wildman–Crippen LogP) is 7.51. The summed E-state index contributed by atoms with van der Waals surface area (Å²) in [6.45, 7) is 0. The molecule has 0 bridgehead atoms. The Morgan fingerprint density at radius 1 is 0.909 bits per heavy atom. The molecule has 0 unspecified atom stereocenters. The Morgan fingerprint density at radius 3 is 2.27 bits per heavy atom. The van der Waals surface area contributed by atoms with Gasteiger partial charge < -0.3 is 0 Å². The van der Waals surface area contributed by atoms with Crippen molar-refractivity contribution in [3.63, 3.8) is 0 Å². The summed E-state index contributed by atoms with van der Waals surface area (Å²) in [5, 5.41) is 17.1. The van der Waals surface area contributed by atoms with Crippen molar-refractivity contribution in [2.45, 2.75) is 12.5 Å². The minimum absolute atomic E-state index is 0.132. The van der Waals surface area contributed by atoms with Crippen LogP contribution in [0.5, 0.6) is 0 Å². The molecule has 4 aromatic rings. The van der Waals surface area contributed by atoms with Gasteiger partial charge in [-0.1, -0.05) is 77.0 Å². The van der Waals surface area contributed by atoms with Crippen LogP contribution in [-0.4, -0.2) is 10.7 Å². The molecular formula is C24H17Cl2N5OS. The quantitative estimate of drug-likeness (QED) is 0.292. The predicted molar refractivity (Wildman–Crippen MR) is 135 cm³/mol. The van der Waals surface area contributed by atoms with E-state index in [2.05, 4.69) is 15.2 Å². The number of nitrogens with one attached hydrogen (secondary N) is 1. The zero-order valence-electron chi connectivity index (χ0n) is 17.2. The highest BCUT2D eigenvalue weighted by molar-refractivity contribution is 7.13. The van der Waals surface area contributed by atoms with E-state index in [1.54, 1.807) is 24.3 Å². The van der Waals surface area contributed by atoms with Crippen LogP contribution in [0.4, 0.5) is 16.5 Å². The standard InChI is InChI=1S/C24H17Cl2N5OS/c25-17-8-6-16(7-9-17)21-14-20(15-4-2-1-3-5-15)30-31(21)22-23(33-24(32)27-22)29-28-19-12-10-18(26)11-13-19/h1-13,21H,14H2,(H,27,32)/t21-/m1/s1. The molecule has 0 radical (unpaired) electrons. The SMILES string of the molecule is O=c1[nH]c(N2N=C(c3ccccc3)C[C@@H]2c2ccc(Cl)cc2)c(N=Nc2ccc(Cl)cc2)s1. The van der Waals surface area contributed by atoms with Gasteiger partial charge in [0.2, 0.25) is 0 Å². The number of nitrogens with zero attached hydrogens (tertiary/aromatic N) is 4. The maximum atomic E-state index is 12.3. The van der Waals surface area contributed by atoms with Crippen molar-refractivity contribution < 1.29 is 0 Å². The first-order valence-electron chi connectivity index (χ1n) is 10.1. The van der Waals surface area contributed by atoms with Crippen molar-refractivity contribution in [3.05, 3.63) is 110 Å². The molecule has 1 aliphatic heterocycles. The molecule has 5 rings (SSSR count). The van der Waals surface area contributed by atoms with Gasteiger partial charge in [-0.25, -0.2) is 5.01 Å². The second-order valence-electron chi connectivity index (χ2n) is 7.37. The number of halogens is 2. The van der Waals surface area contributed by atoms with Crippen molar-refractivity contribution in [2.75, 3.05) is 5.01 Å². The molecule has 0 spiro atoms. The summed E-state index contributed by atoms with van der Waals surface area (Å²) in [6, 6.07) is 24.5. The Bertz CT molecular complexity index is 1380. The third kappa shape index (κ3) is 4.75. The fourth-order valence-corrected chi connectivity index (χ4v) is 4.51. The number of hydrazone groups is 1. The van der Waals surface area contributed by atoms with Crippen LogP contribution in [0.2, 0.25) is 10.0 Å². The summed E-state index contributed by atoms with van der Waals surface area (Å²) in [6.07, 6.45) is 0.664. The van der Waals surface area contributed by atoms with Gasteiger partial charge in [-0.3, -0.25) is 9.78 Å². The lowest BCUT2D eigenvalue weighted by molar-refractivity contribution is 0.700. The Balaban J connectivity index is 1.55. The second kappa shape index (κ2) is 9.31. The van der Waals surface area contributed by atoms with Crippen molar-refractivity contribution in [1.29, 1.82) is 0 Å². The van der Waals surface area contributed by atoms with Crippen LogP contribution in [-0.2, 0) is 0 Å². The van der Waals surface area contributed by atoms with Gasteiger partial charge in [0.05, 0.1) is 17.4 Å². The highest BCUT2D eigenvalue weighted by atomic mass is 35.5. The van der Waals surface area contributed by atoms with Crippen molar-refractivity contribution in [1.82, 2.24) is 4.98 Å². The average Bonchev–Trinajstić information content (AvgIpc) is 3.43. The first-order chi connectivity index (χ1) is 16.1. The first-order valence-corrected chi connectivity index (χ1v) is 11.7. The Kier molecular flexibility index (Phi) is 6.09. The van der Waals surface area contributed by atoms with E-state index in [1.807, 2.05) is 59.6 Å². The number of hydrogen-bond acceptors (Lipinski definition) is 6. The topological polar surface area (TPSA) is 73.2 Å². The number of rotatable bonds is 5. The monoisotopic (exact) mass is 493 g/mol. The molecule has 1 N–H and O–H groups in total. The van der Waals surface area contributed by atoms with Crippen LogP contribution in [0.25, 0.3) is 0 Å². The maximum Gasteiger partial charge on any atom is 0.308 e. The zero-order chi connectivity index (χ0) is 22.8. The average molecular weight is 494 g/mol. The number of thiazole rings is 1. The largest absolute Gasteiger partial charge is 0.308 e. The molecule has 1 atom stereocenters. The molecule has 2 heterocycles. The van der Waals surface area contributed by atoms with Gasteiger partial charge in [-0.15, -0.1) is 10.2 Å². The molecule has 0 amide bonds. The summed E-state index contributed by atoms with van der Waals surface area (Å²) < 4.78 is 0. The van der Waals surface area contributed by atoms with Crippen LogP contribution >= 0.6 is 34.5 Å². The van der Waals surface area contributed by atoms with E-state index in [0.29, 0.717) is 33.0 Å². The minimum Gasteiger partial charge on any atom is -0.296 e. The summed E-state index contributed by atoms with van der Waals surface area (Å²) in [5.74, 6) is 0.508. The van der Waals surface area contributed by atoms with Crippen LogP contribution in [0.15, 0.2) is 99.0 Å². The lowest BCUT2D eigenvalue weighted by atomic mass is 9.98. The summed E-state index contributed by atoms with van der Waals surface area (Å²) in [5.41, 5.74) is 3.61. The van der Waals surface area contributed by atoms with E-state index >= 15 is 0 Å². The fourth-order valence-electron chi connectivity index (χ4n) is 3.61. The van der Waals surface area contributed by atoms with Gasteiger partial charge in [0, 0.05) is 16.5 Å². The highest BCUT2D eigenvalue weighted by Gasteiger charge is 2.32. The second-order valence-corrected chi connectivity index (χ2v) is 9.21. The molecule has 3 aromatic carbocycles. The summed E-state index contributed by atoms with van der Waals surface area (Å²) in [7, 11) is 0. The molecule has 0 fully saturated rings. The number of aromatic nitrogens is 1. The molecule has 0 saturated carbocycles. The van der Waals surface area contributed by atoms with Crippen LogP contribution in [0.1, 0.15) is 23.6 Å². The number of benzene rings is 3. The molecule has 0 aliphatic carbocycles. The minimum atomic E-state index is -0.228. The number of azo groups is 1. The van der Waals surface area contributed by atoms with Gasteiger partial charge in [-0.05, 0) is 47.5 Å². The smallest absolute Gasteiger partial charge is 0.296 e. The Hall–Kier alpha value is -3.26. The molecule has 33 heavy (non-hydrogen) atoms. The molecule has 1 aliphatic rings. The Morgan fingerprint density at radius 2 is 1.58 bits per heavy atom. The van der Waals surface area contributed by atoms with E-state index in [0.717, 1.165) is 28.2 Å². The lowest BCUT2D eigenvalue weighted by Crippen LogP contribution is -2.19. The number of aromatic amines is 1.